The van der Waals surface area contributed by atoms with Crippen LogP contribution < -0.4 is 10.6 Å². The zero-order valence-electron chi connectivity index (χ0n) is 12.2. The third-order valence-corrected chi connectivity index (χ3v) is 3.66. The number of carbonyl (C=O) groups is 3. The lowest BCUT2D eigenvalue weighted by atomic mass is 9.94. The van der Waals surface area contributed by atoms with Gasteiger partial charge in [0.1, 0.15) is 6.04 Å². The minimum Gasteiger partial charge on any atom is -0.481 e. The number of nitrogens with zero attached hydrogens (tertiary/aromatic N) is 1. The van der Waals surface area contributed by atoms with Gasteiger partial charge in [0.25, 0.3) is 0 Å². The van der Waals surface area contributed by atoms with Crippen LogP contribution in [0.5, 0.6) is 0 Å². The molecule has 0 aromatic carbocycles. The number of likely N-dealkylation sites (tertiary alicyclic amines) is 1. The summed E-state index contributed by atoms with van der Waals surface area (Å²) in [6.45, 7) is 2.56. The van der Waals surface area contributed by atoms with Gasteiger partial charge >= 0.3 is 18.0 Å². The fourth-order valence-electron chi connectivity index (χ4n) is 2.32. The van der Waals surface area contributed by atoms with Gasteiger partial charge in [-0.15, -0.1) is 0 Å². The lowest BCUT2D eigenvalue weighted by molar-refractivity contribution is -0.145. The van der Waals surface area contributed by atoms with Gasteiger partial charge in [0.2, 0.25) is 0 Å². The summed E-state index contributed by atoms with van der Waals surface area (Å²) in [6.07, 6.45) is 2.39. The van der Waals surface area contributed by atoms with E-state index in [-0.39, 0.29) is 0 Å². The number of amides is 2. The number of rotatable bonds is 7. The minimum atomic E-state index is -1.41. The number of carbonyl (C=O) groups excluding carboxylic acids is 1. The highest BCUT2D eigenvalue weighted by Gasteiger charge is 2.23. The first-order chi connectivity index (χ1) is 9.88. The van der Waals surface area contributed by atoms with Gasteiger partial charge < -0.3 is 25.7 Å². The first kappa shape index (κ1) is 17.2. The standard InChI is InChI=1S/C13H23N3O5/c1-16-6-3-9(4-7-16)2-5-14-13(21)15-10(12(19)20)8-11(17)18/h9-10H,2-8H2,1H3,(H,17,18)(H,19,20)(H2,14,15,21). The minimum absolute atomic E-state index is 0.458. The zero-order chi connectivity index (χ0) is 15.8. The van der Waals surface area contributed by atoms with Gasteiger partial charge in [-0.1, -0.05) is 0 Å². The molecule has 8 heteroatoms. The first-order valence-electron chi connectivity index (χ1n) is 7.06. The van der Waals surface area contributed by atoms with Crippen LogP contribution in [0.1, 0.15) is 25.7 Å². The Bertz CT molecular complexity index is 380. The monoisotopic (exact) mass is 301 g/mol. The van der Waals surface area contributed by atoms with Crippen molar-refractivity contribution in [2.75, 3.05) is 26.7 Å². The van der Waals surface area contributed by atoms with Crippen LogP contribution in [0.15, 0.2) is 0 Å². The molecule has 120 valence electrons. The lowest BCUT2D eigenvalue weighted by Gasteiger charge is -2.28. The molecule has 0 saturated carbocycles. The molecule has 1 heterocycles. The molecule has 0 aromatic rings. The van der Waals surface area contributed by atoms with Crippen LogP contribution in [-0.4, -0.2) is 65.8 Å². The van der Waals surface area contributed by atoms with Crippen molar-refractivity contribution in [2.45, 2.75) is 31.7 Å². The quantitative estimate of drug-likeness (QED) is 0.523. The Labute approximate surface area is 123 Å². The Kier molecular flexibility index (Phi) is 6.93. The van der Waals surface area contributed by atoms with Crippen LogP contribution >= 0.6 is 0 Å². The van der Waals surface area contributed by atoms with Crippen molar-refractivity contribution in [3.8, 4) is 0 Å². The van der Waals surface area contributed by atoms with Crippen LogP contribution in [0.3, 0.4) is 0 Å². The van der Waals surface area contributed by atoms with Gasteiger partial charge in [0, 0.05) is 6.54 Å². The first-order valence-corrected chi connectivity index (χ1v) is 7.06. The van der Waals surface area contributed by atoms with Crippen molar-refractivity contribution in [3.63, 3.8) is 0 Å². The molecule has 0 spiro atoms. The molecule has 1 rings (SSSR count). The molecule has 1 atom stereocenters. The third kappa shape index (κ3) is 6.94. The predicted molar refractivity (Wildman–Crippen MR) is 75.0 cm³/mol. The maximum atomic E-state index is 11.5. The summed E-state index contributed by atoms with van der Waals surface area (Å²) in [5, 5.41) is 22.1. The molecule has 0 aliphatic carbocycles. The second-order valence-corrected chi connectivity index (χ2v) is 5.42. The summed E-state index contributed by atoms with van der Waals surface area (Å²) < 4.78 is 0. The summed E-state index contributed by atoms with van der Waals surface area (Å²) in [4.78, 5) is 35.1. The zero-order valence-corrected chi connectivity index (χ0v) is 12.2. The van der Waals surface area contributed by atoms with Crippen molar-refractivity contribution < 1.29 is 24.6 Å². The average molecular weight is 301 g/mol. The number of urea groups is 1. The van der Waals surface area contributed by atoms with Crippen LogP contribution in [-0.2, 0) is 9.59 Å². The molecule has 1 unspecified atom stereocenters. The predicted octanol–water partition coefficient (Wildman–Crippen LogP) is -0.0546. The maximum absolute atomic E-state index is 11.5. The van der Waals surface area contributed by atoms with Crippen molar-refractivity contribution in [1.82, 2.24) is 15.5 Å². The van der Waals surface area contributed by atoms with Gasteiger partial charge in [0.05, 0.1) is 6.42 Å². The van der Waals surface area contributed by atoms with Crippen LogP contribution in [0.2, 0.25) is 0 Å². The summed E-state index contributed by atoms with van der Waals surface area (Å²) in [5.41, 5.74) is 0. The molecule has 8 nitrogen and oxygen atoms in total. The smallest absolute Gasteiger partial charge is 0.326 e. The Morgan fingerprint density at radius 3 is 2.38 bits per heavy atom. The molecule has 1 fully saturated rings. The van der Waals surface area contributed by atoms with Crippen LogP contribution in [0.4, 0.5) is 4.79 Å². The number of nitrogens with one attached hydrogen (secondary N) is 2. The van der Waals surface area contributed by atoms with Gasteiger partial charge in [0.15, 0.2) is 0 Å². The van der Waals surface area contributed by atoms with Gasteiger partial charge in [-0.2, -0.15) is 0 Å². The van der Waals surface area contributed by atoms with E-state index in [0.717, 1.165) is 32.4 Å². The molecular weight excluding hydrogens is 278 g/mol. The Hall–Kier alpha value is -1.83. The van der Waals surface area contributed by atoms with E-state index in [1.165, 1.54) is 0 Å². The number of carboxylic acids is 2. The van der Waals surface area contributed by atoms with Gasteiger partial charge in [-0.05, 0) is 45.3 Å². The van der Waals surface area contributed by atoms with E-state index in [4.69, 9.17) is 10.2 Å². The van der Waals surface area contributed by atoms with E-state index in [1.54, 1.807) is 0 Å². The molecule has 1 aliphatic rings. The fourth-order valence-corrected chi connectivity index (χ4v) is 2.32. The SMILES string of the molecule is CN1CCC(CCNC(=O)NC(CC(=O)O)C(=O)O)CC1. The molecule has 1 aliphatic heterocycles. The number of carboxylic acid groups (broad SMARTS) is 2. The summed E-state index contributed by atoms with van der Waals surface area (Å²) >= 11 is 0. The number of hydrogen-bond donors (Lipinski definition) is 4. The average Bonchev–Trinajstić information content (AvgIpc) is 2.39. The third-order valence-electron chi connectivity index (χ3n) is 3.66. The second-order valence-electron chi connectivity index (χ2n) is 5.42. The largest absolute Gasteiger partial charge is 0.481 e. The van der Waals surface area contributed by atoms with E-state index < -0.39 is 30.4 Å². The Morgan fingerprint density at radius 1 is 1.24 bits per heavy atom. The summed E-state index contributed by atoms with van der Waals surface area (Å²) in [6, 6.07) is -2.05. The lowest BCUT2D eigenvalue weighted by Crippen LogP contribution is -2.47. The Morgan fingerprint density at radius 2 is 1.86 bits per heavy atom. The molecule has 0 radical (unpaired) electrons. The molecule has 21 heavy (non-hydrogen) atoms. The number of hydrogen-bond acceptors (Lipinski definition) is 4. The van der Waals surface area contributed by atoms with E-state index in [9.17, 15) is 14.4 Å². The maximum Gasteiger partial charge on any atom is 0.326 e. The highest BCUT2D eigenvalue weighted by atomic mass is 16.4. The molecule has 0 bridgehead atoms. The highest BCUT2D eigenvalue weighted by Crippen LogP contribution is 2.18. The fraction of sp³-hybridized carbons (Fsp3) is 0.769. The number of aliphatic carboxylic acids is 2. The molecular formula is C13H23N3O5. The Balaban J connectivity index is 2.23. The number of piperidine rings is 1. The van der Waals surface area contributed by atoms with Crippen LogP contribution in [0.25, 0.3) is 0 Å². The summed E-state index contributed by atoms with van der Waals surface area (Å²) in [5.74, 6) is -2.06. The van der Waals surface area contributed by atoms with Gasteiger partial charge in [-0.3, -0.25) is 4.79 Å². The van der Waals surface area contributed by atoms with Crippen molar-refractivity contribution >= 4 is 18.0 Å². The van der Waals surface area contributed by atoms with E-state index >= 15 is 0 Å². The van der Waals surface area contributed by atoms with Crippen molar-refractivity contribution in [3.05, 3.63) is 0 Å². The van der Waals surface area contributed by atoms with E-state index in [1.807, 2.05) is 0 Å². The van der Waals surface area contributed by atoms with E-state index in [2.05, 4.69) is 22.6 Å². The summed E-state index contributed by atoms with van der Waals surface area (Å²) in [7, 11) is 2.08. The van der Waals surface area contributed by atoms with E-state index in [0.29, 0.717) is 12.5 Å². The van der Waals surface area contributed by atoms with Crippen LogP contribution in [0, 0.1) is 5.92 Å². The molecule has 4 N–H and O–H groups in total. The highest BCUT2D eigenvalue weighted by molar-refractivity contribution is 5.86. The van der Waals surface area contributed by atoms with Crippen molar-refractivity contribution in [2.24, 2.45) is 5.92 Å². The second kappa shape index (κ2) is 8.46. The molecule has 0 aromatic heterocycles. The molecule has 1 saturated heterocycles. The van der Waals surface area contributed by atoms with Crippen molar-refractivity contribution in [1.29, 1.82) is 0 Å². The molecule has 2 amide bonds. The van der Waals surface area contributed by atoms with Gasteiger partial charge in [-0.25, -0.2) is 9.59 Å². The normalized spacial score (nSPS) is 18.0. The topological polar surface area (TPSA) is 119 Å².